The Morgan fingerprint density at radius 3 is 2.40 bits per heavy atom. The number of hydrogen-bond donors (Lipinski definition) is 1. The molecule has 1 atom stereocenters. The van der Waals surface area contributed by atoms with Gasteiger partial charge >= 0.3 is 6.18 Å². The predicted octanol–water partition coefficient (Wildman–Crippen LogP) is 1.75. The van der Waals surface area contributed by atoms with Crippen molar-refractivity contribution < 1.29 is 13.2 Å². The molecule has 1 aliphatic carbocycles. The summed E-state index contributed by atoms with van der Waals surface area (Å²) in [7, 11) is 0. The number of alkyl halides is 3. The van der Waals surface area contributed by atoms with Crippen LogP contribution in [0.1, 0.15) is 25.7 Å². The third kappa shape index (κ3) is 2.45. The van der Waals surface area contributed by atoms with E-state index in [0.717, 1.165) is 19.4 Å². The van der Waals surface area contributed by atoms with Crippen LogP contribution in [0, 0.1) is 5.92 Å². The first-order chi connectivity index (χ1) is 6.97. The molecule has 88 valence electrons. The number of hydrogen-bond acceptors (Lipinski definition) is 2. The minimum absolute atomic E-state index is 0.181. The quantitative estimate of drug-likeness (QED) is 0.732. The summed E-state index contributed by atoms with van der Waals surface area (Å²) in [4.78, 5) is 1.98. The van der Waals surface area contributed by atoms with Gasteiger partial charge in [-0.2, -0.15) is 13.2 Å². The van der Waals surface area contributed by atoms with Crippen molar-refractivity contribution in [2.24, 2.45) is 11.7 Å². The van der Waals surface area contributed by atoms with E-state index in [1.165, 1.54) is 0 Å². The van der Waals surface area contributed by atoms with E-state index in [0.29, 0.717) is 18.9 Å². The van der Waals surface area contributed by atoms with Crippen LogP contribution >= 0.6 is 0 Å². The molecule has 0 amide bonds. The van der Waals surface area contributed by atoms with Gasteiger partial charge in [0, 0.05) is 18.6 Å². The molecule has 2 N–H and O–H groups in total. The summed E-state index contributed by atoms with van der Waals surface area (Å²) < 4.78 is 37.6. The van der Waals surface area contributed by atoms with Gasteiger partial charge in [-0.25, -0.2) is 0 Å². The zero-order valence-electron chi connectivity index (χ0n) is 8.63. The zero-order chi connectivity index (χ0) is 11.1. The van der Waals surface area contributed by atoms with E-state index >= 15 is 0 Å². The first kappa shape index (κ1) is 11.2. The summed E-state index contributed by atoms with van der Waals surface area (Å²) in [6.07, 6.45) is -1.34. The van der Waals surface area contributed by atoms with Crippen LogP contribution in [0.2, 0.25) is 0 Å². The highest BCUT2D eigenvalue weighted by Gasteiger charge is 2.44. The van der Waals surface area contributed by atoms with Crippen molar-refractivity contribution in [3.05, 3.63) is 0 Å². The van der Waals surface area contributed by atoms with Gasteiger partial charge in [0.2, 0.25) is 0 Å². The smallest absolute Gasteiger partial charge is 0.328 e. The van der Waals surface area contributed by atoms with Crippen molar-refractivity contribution in [2.75, 3.05) is 13.1 Å². The van der Waals surface area contributed by atoms with Crippen LogP contribution in [0.15, 0.2) is 0 Å². The maximum Gasteiger partial charge on any atom is 0.393 e. The molecule has 0 spiro atoms. The zero-order valence-corrected chi connectivity index (χ0v) is 8.63. The normalized spacial score (nSPS) is 38.8. The summed E-state index contributed by atoms with van der Waals surface area (Å²) in [5, 5.41) is 0. The van der Waals surface area contributed by atoms with Gasteiger partial charge in [0.1, 0.15) is 0 Å². The highest BCUT2D eigenvalue weighted by atomic mass is 19.4. The second-order valence-electron chi connectivity index (χ2n) is 4.76. The molecule has 1 unspecified atom stereocenters. The van der Waals surface area contributed by atoms with E-state index in [1.807, 2.05) is 4.90 Å². The Labute approximate surface area is 87.6 Å². The Morgan fingerprint density at radius 2 is 1.87 bits per heavy atom. The second-order valence-corrected chi connectivity index (χ2v) is 4.76. The molecule has 2 fully saturated rings. The van der Waals surface area contributed by atoms with Crippen molar-refractivity contribution in [1.82, 2.24) is 4.90 Å². The van der Waals surface area contributed by atoms with E-state index in [9.17, 15) is 13.2 Å². The summed E-state index contributed by atoms with van der Waals surface area (Å²) >= 11 is 0. The lowest BCUT2D eigenvalue weighted by Gasteiger charge is -2.45. The minimum atomic E-state index is -4.02. The van der Waals surface area contributed by atoms with Crippen molar-refractivity contribution in [3.8, 4) is 0 Å². The minimum Gasteiger partial charge on any atom is -0.328 e. The number of nitrogens with two attached hydrogens (primary N) is 1. The summed E-state index contributed by atoms with van der Waals surface area (Å²) in [6, 6.07) is 0.520. The molecular weight excluding hydrogens is 205 g/mol. The monoisotopic (exact) mass is 222 g/mol. The SMILES string of the molecule is NC1CC(N2CCCC(C(F)(F)F)C2)C1. The van der Waals surface area contributed by atoms with Gasteiger partial charge in [-0.3, -0.25) is 4.90 Å². The summed E-state index contributed by atoms with van der Waals surface area (Å²) in [5.74, 6) is -1.12. The number of likely N-dealkylation sites (tertiary alicyclic amines) is 1. The Bertz CT molecular complexity index is 223. The molecule has 1 saturated heterocycles. The van der Waals surface area contributed by atoms with Gasteiger partial charge in [0.05, 0.1) is 5.92 Å². The molecule has 0 aromatic heterocycles. The Balaban J connectivity index is 1.87. The molecule has 15 heavy (non-hydrogen) atoms. The molecule has 0 aromatic carbocycles. The molecule has 1 aliphatic heterocycles. The molecule has 2 aliphatic rings. The van der Waals surface area contributed by atoms with E-state index < -0.39 is 12.1 Å². The van der Waals surface area contributed by atoms with Gasteiger partial charge in [0.25, 0.3) is 0 Å². The lowest BCUT2D eigenvalue weighted by atomic mass is 9.84. The molecule has 2 nitrogen and oxygen atoms in total. The van der Waals surface area contributed by atoms with Crippen LogP contribution in [0.3, 0.4) is 0 Å². The van der Waals surface area contributed by atoms with Gasteiger partial charge in [-0.05, 0) is 32.2 Å². The third-order valence-electron chi connectivity index (χ3n) is 3.58. The maximum absolute atomic E-state index is 12.5. The number of halogens is 3. The number of nitrogens with zero attached hydrogens (tertiary/aromatic N) is 1. The molecule has 2 rings (SSSR count). The lowest BCUT2D eigenvalue weighted by Crippen LogP contribution is -2.54. The summed E-state index contributed by atoms with van der Waals surface area (Å²) in [6.45, 7) is 0.991. The molecule has 0 bridgehead atoms. The number of rotatable bonds is 1. The fraction of sp³-hybridized carbons (Fsp3) is 1.00. The van der Waals surface area contributed by atoms with Gasteiger partial charge < -0.3 is 5.73 Å². The topological polar surface area (TPSA) is 29.3 Å². The van der Waals surface area contributed by atoms with Crippen LogP contribution in [0.5, 0.6) is 0 Å². The van der Waals surface area contributed by atoms with Crippen molar-refractivity contribution in [3.63, 3.8) is 0 Å². The molecule has 1 heterocycles. The molecular formula is C10H17F3N2. The van der Waals surface area contributed by atoms with Crippen molar-refractivity contribution >= 4 is 0 Å². The van der Waals surface area contributed by atoms with E-state index in [-0.39, 0.29) is 12.6 Å². The Kier molecular flexibility index (Phi) is 2.94. The van der Waals surface area contributed by atoms with Crippen molar-refractivity contribution in [1.29, 1.82) is 0 Å². The predicted molar refractivity (Wildman–Crippen MR) is 51.3 cm³/mol. The standard InChI is InChI=1S/C10H17F3N2/c11-10(12,13)7-2-1-3-15(6-7)9-4-8(14)5-9/h7-9H,1-6,14H2. The van der Waals surface area contributed by atoms with E-state index in [4.69, 9.17) is 5.73 Å². The van der Waals surface area contributed by atoms with E-state index in [2.05, 4.69) is 0 Å². The van der Waals surface area contributed by atoms with Gasteiger partial charge in [-0.15, -0.1) is 0 Å². The van der Waals surface area contributed by atoms with Crippen LogP contribution in [0.25, 0.3) is 0 Å². The average Bonchev–Trinajstić information content (AvgIpc) is 2.12. The first-order valence-corrected chi connectivity index (χ1v) is 5.53. The first-order valence-electron chi connectivity index (χ1n) is 5.53. The van der Waals surface area contributed by atoms with Crippen LogP contribution in [-0.2, 0) is 0 Å². The molecule has 0 radical (unpaired) electrons. The largest absolute Gasteiger partial charge is 0.393 e. The molecule has 1 saturated carbocycles. The van der Waals surface area contributed by atoms with Crippen LogP contribution in [0.4, 0.5) is 13.2 Å². The average molecular weight is 222 g/mol. The summed E-state index contributed by atoms with van der Waals surface area (Å²) in [5.41, 5.74) is 5.65. The van der Waals surface area contributed by atoms with Crippen molar-refractivity contribution in [2.45, 2.75) is 43.9 Å². The van der Waals surface area contributed by atoms with Gasteiger partial charge in [0.15, 0.2) is 0 Å². The fourth-order valence-electron chi connectivity index (χ4n) is 2.53. The highest BCUT2D eigenvalue weighted by Crippen LogP contribution is 2.36. The van der Waals surface area contributed by atoms with Gasteiger partial charge in [-0.1, -0.05) is 0 Å². The molecule has 5 heteroatoms. The van der Waals surface area contributed by atoms with Crippen LogP contribution < -0.4 is 5.73 Å². The third-order valence-corrected chi connectivity index (χ3v) is 3.58. The highest BCUT2D eigenvalue weighted by molar-refractivity contribution is 4.92. The lowest BCUT2D eigenvalue weighted by molar-refractivity contribution is -0.190. The Morgan fingerprint density at radius 1 is 1.20 bits per heavy atom. The second kappa shape index (κ2) is 3.94. The Hall–Kier alpha value is -0.290. The van der Waals surface area contributed by atoms with Crippen LogP contribution in [-0.4, -0.2) is 36.2 Å². The number of piperidine rings is 1. The molecule has 0 aromatic rings. The maximum atomic E-state index is 12.5. The fourth-order valence-corrected chi connectivity index (χ4v) is 2.53. The van der Waals surface area contributed by atoms with E-state index in [1.54, 1.807) is 0 Å².